The first-order valence-electron chi connectivity index (χ1n) is 5.78. The Hall–Kier alpha value is -1.33. The summed E-state index contributed by atoms with van der Waals surface area (Å²) in [6.07, 6.45) is 0. The van der Waals surface area contributed by atoms with E-state index in [0.717, 1.165) is 9.37 Å². The molecule has 0 radical (unpaired) electrons. The zero-order valence-electron chi connectivity index (χ0n) is 10.2. The van der Waals surface area contributed by atoms with Crippen LogP contribution < -0.4 is 10.5 Å². The molecule has 0 heterocycles. The van der Waals surface area contributed by atoms with Crippen molar-refractivity contribution in [2.45, 2.75) is 4.90 Å². The number of benzene rings is 2. The van der Waals surface area contributed by atoms with Gasteiger partial charge < -0.3 is 10.5 Å². The van der Waals surface area contributed by atoms with E-state index in [-0.39, 0.29) is 0 Å². The Kier molecular flexibility index (Phi) is 4.99. The van der Waals surface area contributed by atoms with Gasteiger partial charge in [0.05, 0.1) is 27.1 Å². The van der Waals surface area contributed by atoms with Crippen LogP contribution in [0.5, 0.6) is 5.75 Å². The highest BCUT2D eigenvalue weighted by Gasteiger charge is 2.08. The lowest BCUT2D eigenvalue weighted by Crippen LogP contribution is -2.09. The minimum atomic E-state index is -1.09. The molecule has 0 bridgehead atoms. The summed E-state index contributed by atoms with van der Waals surface area (Å²) < 4.78 is 18.5. The van der Waals surface area contributed by atoms with Crippen LogP contribution in [0.1, 0.15) is 0 Å². The Morgan fingerprint density at radius 1 is 1.11 bits per heavy atom. The third-order valence-electron chi connectivity index (χ3n) is 2.53. The van der Waals surface area contributed by atoms with Gasteiger partial charge in [0.2, 0.25) is 0 Å². The van der Waals surface area contributed by atoms with Crippen molar-refractivity contribution in [2.24, 2.45) is 0 Å². The van der Waals surface area contributed by atoms with E-state index < -0.39 is 10.8 Å². The maximum atomic E-state index is 12.1. The number of para-hydroxylation sites is 2. The molecular formula is C14H14BrNO2S. The predicted octanol–water partition coefficient (Wildman–Crippen LogP) is 3.22. The van der Waals surface area contributed by atoms with Crippen LogP contribution in [0.2, 0.25) is 0 Å². The second kappa shape index (κ2) is 6.73. The van der Waals surface area contributed by atoms with E-state index in [1.807, 2.05) is 36.4 Å². The minimum Gasteiger partial charge on any atom is -0.490 e. The summed E-state index contributed by atoms with van der Waals surface area (Å²) in [5.41, 5.74) is 6.36. The van der Waals surface area contributed by atoms with E-state index in [1.165, 1.54) is 0 Å². The van der Waals surface area contributed by atoms with Crippen molar-refractivity contribution in [1.29, 1.82) is 0 Å². The molecular weight excluding hydrogens is 326 g/mol. The van der Waals surface area contributed by atoms with Crippen LogP contribution in [0.15, 0.2) is 57.9 Å². The zero-order valence-corrected chi connectivity index (χ0v) is 12.6. The van der Waals surface area contributed by atoms with E-state index in [9.17, 15) is 4.21 Å². The molecule has 0 saturated carbocycles. The summed E-state index contributed by atoms with van der Waals surface area (Å²) in [6.45, 7) is 0.363. The lowest BCUT2D eigenvalue weighted by molar-refractivity contribution is 0.344. The second-order valence-corrected chi connectivity index (χ2v) is 6.26. The highest BCUT2D eigenvalue weighted by molar-refractivity contribution is 9.10. The molecule has 2 N–H and O–H groups in total. The van der Waals surface area contributed by atoms with Crippen LogP contribution >= 0.6 is 15.9 Å². The lowest BCUT2D eigenvalue weighted by Gasteiger charge is -2.09. The summed E-state index contributed by atoms with van der Waals surface area (Å²) in [6, 6.07) is 14.8. The molecule has 2 aromatic rings. The number of hydrogen-bond donors (Lipinski definition) is 1. The van der Waals surface area contributed by atoms with Gasteiger partial charge in [-0.05, 0) is 40.2 Å². The average Bonchev–Trinajstić information content (AvgIpc) is 2.41. The molecule has 0 spiro atoms. The number of halogens is 1. The Bertz CT molecular complexity index is 589. The van der Waals surface area contributed by atoms with Crippen molar-refractivity contribution >= 4 is 32.4 Å². The molecule has 2 aromatic carbocycles. The van der Waals surface area contributed by atoms with Gasteiger partial charge in [-0.15, -0.1) is 0 Å². The van der Waals surface area contributed by atoms with E-state index in [1.54, 1.807) is 12.1 Å². The number of nitrogens with two attached hydrogens (primary N) is 1. The fourth-order valence-electron chi connectivity index (χ4n) is 1.58. The Morgan fingerprint density at radius 3 is 2.53 bits per heavy atom. The zero-order chi connectivity index (χ0) is 13.7. The van der Waals surface area contributed by atoms with Crippen LogP contribution in [-0.4, -0.2) is 16.6 Å². The van der Waals surface area contributed by atoms with Crippen LogP contribution in [0.25, 0.3) is 0 Å². The van der Waals surface area contributed by atoms with Gasteiger partial charge in [0.25, 0.3) is 0 Å². The summed E-state index contributed by atoms with van der Waals surface area (Å²) in [4.78, 5) is 0.784. The van der Waals surface area contributed by atoms with Crippen LogP contribution in [0, 0.1) is 0 Å². The first-order valence-corrected chi connectivity index (χ1v) is 7.90. The molecule has 0 aliphatic heterocycles. The van der Waals surface area contributed by atoms with Crippen molar-refractivity contribution in [3.8, 4) is 5.75 Å². The maximum Gasteiger partial charge on any atom is 0.142 e. The number of anilines is 1. The van der Waals surface area contributed by atoms with E-state index in [4.69, 9.17) is 10.5 Å². The van der Waals surface area contributed by atoms with Gasteiger partial charge in [-0.3, -0.25) is 4.21 Å². The fraction of sp³-hybridized carbons (Fsp3) is 0.143. The van der Waals surface area contributed by atoms with Crippen LogP contribution in [-0.2, 0) is 10.8 Å². The normalized spacial score (nSPS) is 12.1. The van der Waals surface area contributed by atoms with E-state index in [0.29, 0.717) is 23.8 Å². The van der Waals surface area contributed by atoms with Crippen molar-refractivity contribution < 1.29 is 8.95 Å². The first kappa shape index (κ1) is 14.1. The van der Waals surface area contributed by atoms with Gasteiger partial charge in [0.1, 0.15) is 12.4 Å². The molecule has 0 aromatic heterocycles. The van der Waals surface area contributed by atoms with E-state index >= 15 is 0 Å². The highest BCUT2D eigenvalue weighted by Crippen LogP contribution is 2.21. The highest BCUT2D eigenvalue weighted by atomic mass is 79.9. The Morgan fingerprint density at radius 2 is 1.79 bits per heavy atom. The van der Waals surface area contributed by atoms with Crippen molar-refractivity contribution in [2.75, 3.05) is 18.1 Å². The number of nitrogen functional groups attached to an aromatic ring is 1. The van der Waals surface area contributed by atoms with Gasteiger partial charge >= 0.3 is 0 Å². The van der Waals surface area contributed by atoms with Gasteiger partial charge in [0.15, 0.2) is 0 Å². The quantitative estimate of drug-likeness (QED) is 0.851. The molecule has 100 valence electrons. The smallest absolute Gasteiger partial charge is 0.142 e. The molecule has 5 heteroatoms. The van der Waals surface area contributed by atoms with Crippen molar-refractivity contribution in [3.05, 3.63) is 53.0 Å². The van der Waals surface area contributed by atoms with Crippen molar-refractivity contribution in [1.82, 2.24) is 0 Å². The van der Waals surface area contributed by atoms with Gasteiger partial charge in [-0.2, -0.15) is 0 Å². The second-order valence-electron chi connectivity index (χ2n) is 3.87. The molecule has 0 aliphatic rings. The predicted molar refractivity (Wildman–Crippen MR) is 81.8 cm³/mol. The number of hydrogen-bond acceptors (Lipinski definition) is 3. The minimum absolute atomic E-state index is 0.363. The lowest BCUT2D eigenvalue weighted by atomic mass is 10.3. The third-order valence-corrected chi connectivity index (χ3v) is 4.87. The molecule has 0 saturated heterocycles. The topological polar surface area (TPSA) is 52.3 Å². The molecule has 2 rings (SSSR count). The summed E-state index contributed by atoms with van der Waals surface area (Å²) in [7, 11) is -1.09. The van der Waals surface area contributed by atoms with E-state index in [2.05, 4.69) is 15.9 Å². The van der Waals surface area contributed by atoms with Crippen LogP contribution in [0.4, 0.5) is 5.69 Å². The molecule has 3 nitrogen and oxygen atoms in total. The SMILES string of the molecule is Nc1ccccc1OCCS(=O)c1ccccc1Br. The molecule has 1 unspecified atom stereocenters. The Balaban J connectivity index is 1.92. The summed E-state index contributed by atoms with van der Waals surface area (Å²) in [5, 5.41) is 0. The average molecular weight is 340 g/mol. The number of rotatable bonds is 5. The monoisotopic (exact) mass is 339 g/mol. The largest absolute Gasteiger partial charge is 0.490 e. The number of ether oxygens (including phenoxy) is 1. The summed E-state index contributed by atoms with van der Waals surface area (Å²) >= 11 is 3.39. The third kappa shape index (κ3) is 3.81. The molecule has 19 heavy (non-hydrogen) atoms. The van der Waals surface area contributed by atoms with Gasteiger partial charge in [-0.1, -0.05) is 24.3 Å². The fourth-order valence-corrected chi connectivity index (χ4v) is 3.38. The molecule has 1 atom stereocenters. The van der Waals surface area contributed by atoms with Gasteiger partial charge in [0, 0.05) is 4.47 Å². The molecule has 0 fully saturated rings. The first-order chi connectivity index (χ1) is 9.18. The Labute approximate surface area is 123 Å². The standard InChI is InChI=1S/C14H14BrNO2S/c15-11-5-1-4-8-14(11)19(17)10-9-18-13-7-3-2-6-12(13)16/h1-8H,9-10,16H2. The van der Waals surface area contributed by atoms with Crippen molar-refractivity contribution in [3.63, 3.8) is 0 Å². The molecule has 0 amide bonds. The molecule has 0 aliphatic carbocycles. The van der Waals surface area contributed by atoms with Gasteiger partial charge in [-0.25, -0.2) is 0 Å². The summed E-state index contributed by atoms with van der Waals surface area (Å²) in [5.74, 6) is 1.06. The maximum absolute atomic E-state index is 12.1. The van der Waals surface area contributed by atoms with Crippen LogP contribution in [0.3, 0.4) is 0 Å².